The molecule has 0 saturated heterocycles. The number of halogens is 1. The number of aryl methyl sites for hydroxylation is 1. The summed E-state index contributed by atoms with van der Waals surface area (Å²) in [6.45, 7) is 2.72. The number of sulfonamides is 1. The van der Waals surface area contributed by atoms with E-state index >= 15 is 0 Å². The molecule has 5 nitrogen and oxygen atoms in total. The van der Waals surface area contributed by atoms with Crippen molar-refractivity contribution >= 4 is 32.7 Å². The monoisotopic (exact) mass is 425 g/mol. The SMILES string of the molecule is Cc1ccc(-c2nc3ccccc3n2CCNS(=O)(=O)c2cccc(Cl)c2)cc1. The topological polar surface area (TPSA) is 64.0 Å². The molecule has 0 atom stereocenters. The van der Waals surface area contributed by atoms with Gasteiger partial charge in [-0.25, -0.2) is 18.1 Å². The standard InChI is InChI=1S/C22H20ClN3O2S/c1-16-9-11-17(12-10-16)22-25-20-7-2-3-8-21(20)26(22)14-13-24-29(27,28)19-6-4-5-18(23)15-19/h2-12,15,24H,13-14H2,1H3. The second kappa shape index (κ2) is 7.99. The maximum absolute atomic E-state index is 12.6. The van der Waals surface area contributed by atoms with E-state index in [9.17, 15) is 8.42 Å². The van der Waals surface area contributed by atoms with Gasteiger partial charge in [0, 0.05) is 23.7 Å². The summed E-state index contributed by atoms with van der Waals surface area (Å²) in [5.74, 6) is 0.813. The summed E-state index contributed by atoms with van der Waals surface area (Å²) < 4.78 is 29.8. The molecule has 7 heteroatoms. The van der Waals surface area contributed by atoms with Gasteiger partial charge in [0.1, 0.15) is 5.82 Å². The van der Waals surface area contributed by atoms with Crippen LogP contribution in [-0.4, -0.2) is 24.5 Å². The van der Waals surface area contributed by atoms with Crippen molar-refractivity contribution in [1.29, 1.82) is 0 Å². The van der Waals surface area contributed by atoms with Gasteiger partial charge in [-0.2, -0.15) is 0 Å². The molecule has 0 saturated carbocycles. The molecule has 0 radical (unpaired) electrons. The van der Waals surface area contributed by atoms with E-state index in [1.165, 1.54) is 17.7 Å². The minimum atomic E-state index is -3.64. The number of fused-ring (bicyclic) bond motifs is 1. The van der Waals surface area contributed by atoms with Crippen LogP contribution in [0.1, 0.15) is 5.56 Å². The van der Waals surface area contributed by atoms with Crippen LogP contribution in [0.25, 0.3) is 22.4 Å². The van der Waals surface area contributed by atoms with Gasteiger partial charge >= 0.3 is 0 Å². The van der Waals surface area contributed by atoms with E-state index in [1.807, 2.05) is 60.0 Å². The van der Waals surface area contributed by atoms with Crippen LogP contribution >= 0.6 is 11.6 Å². The molecule has 4 rings (SSSR count). The van der Waals surface area contributed by atoms with E-state index in [-0.39, 0.29) is 11.4 Å². The number of imidazole rings is 1. The maximum atomic E-state index is 12.6. The molecule has 148 valence electrons. The summed E-state index contributed by atoms with van der Waals surface area (Å²) in [6.07, 6.45) is 0. The van der Waals surface area contributed by atoms with E-state index in [2.05, 4.69) is 4.72 Å². The number of para-hydroxylation sites is 2. The van der Waals surface area contributed by atoms with E-state index in [4.69, 9.17) is 16.6 Å². The average molecular weight is 426 g/mol. The third-order valence-electron chi connectivity index (χ3n) is 4.70. The molecular weight excluding hydrogens is 406 g/mol. The predicted octanol–water partition coefficient (Wildman–Crippen LogP) is 4.64. The van der Waals surface area contributed by atoms with Crippen molar-refractivity contribution in [2.75, 3.05) is 6.54 Å². The van der Waals surface area contributed by atoms with Crippen LogP contribution in [0.2, 0.25) is 5.02 Å². The van der Waals surface area contributed by atoms with E-state index < -0.39 is 10.0 Å². The second-order valence-corrected chi connectivity index (χ2v) is 9.00. The Balaban J connectivity index is 1.62. The number of rotatable bonds is 6. The maximum Gasteiger partial charge on any atom is 0.240 e. The van der Waals surface area contributed by atoms with Crippen molar-refractivity contribution in [1.82, 2.24) is 14.3 Å². The van der Waals surface area contributed by atoms with Gasteiger partial charge in [0.25, 0.3) is 0 Å². The van der Waals surface area contributed by atoms with Gasteiger partial charge in [-0.05, 0) is 37.3 Å². The Kier molecular flexibility index (Phi) is 5.41. The summed E-state index contributed by atoms with van der Waals surface area (Å²) in [6, 6.07) is 22.2. The van der Waals surface area contributed by atoms with Crippen LogP contribution in [0.15, 0.2) is 77.7 Å². The van der Waals surface area contributed by atoms with Crippen LogP contribution < -0.4 is 4.72 Å². The minimum absolute atomic E-state index is 0.152. The van der Waals surface area contributed by atoms with Gasteiger partial charge in [0.05, 0.1) is 15.9 Å². The Bertz CT molecular complexity index is 1260. The molecule has 0 unspecified atom stereocenters. The molecule has 0 fully saturated rings. The zero-order valence-electron chi connectivity index (χ0n) is 15.8. The number of nitrogens with zero attached hydrogens (tertiary/aromatic N) is 2. The van der Waals surface area contributed by atoms with Crippen molar-refractivity contribution in [2.45, 2.75) is 18.4 Å². The zero-order chi connectivity index (χ0) is 20.4. The number of aromatic nitrogens is 2. The first-order chi connectivity index (χ1) is 13.9. The van der Waals surface area contributed by atoms with Gasteiger partial charge in [-0.3, -0.25) is 0 Å². The Morgan fingerprint density at radius 2 is 1.76 bits per heavy atom. The van der Waals surface area contributed by atoms with Crippen molar-refractivity contribution in [3.05, 3.63) is 83.4 Å². The average Bonchev–Trinajstić information content (AvgIpc) is 3.07. The van der Waals surface area contributed by atoms with Gasteiger partial charge in [-0.15, -0.1) is 0 Å². The van der Waals surface area contributed by atoms with Gasteiger partial charge in [0.15, 0.2) is 0 Å². The molecular formula is C22H20ClN3O2S. The number of hydrogen-bond acceptors (Lipinski definition) is 3. The van der Waals surface area contributed by atoms with Crippen molar-refractivity contribution in [3.63, 3.8) is 0 Å². The van der Waals surface area contributed by atoms with E-state index in [0.29, 0.717) is 11.6 Å². The molecule has 0 aliphatic rings. The summed E-state index contributed by atoms with van der Waals surface area (Å²) in [5.41, 5.74) is 4.00. The highest BCUT2D eigenvalue weighted by Crippen LogP contribution is 2.25. The first-order valence-electron chi connectivity index (χ1n) is 9.21. The molecule has 0 aliphatic heterocycles. The van der Waals surface area contributed by atoms with Crippen LogP contribution in [0.4, 0.5) is 0 Å². The lowest BCUT2D eigenvalue weighted by atomic mass is 10.1. The zero-order valence-corrected chi connectivity index (χ0v) is 17.4. The Labute approximate surface area is 175 Å². The molecule has 1 aromatic heterocycles. The molecule has 1 heterocycles. The van der Waals surface area contributed by atoms with E-state index in [1.54, 1.807) is 12.1 Å². The van der Waals surface area contributed by atoms with Gasteiger partial charge < -0.3 is 4.57 Å². The second-order valence-electron chi connectivity index (χ2n) is 6.80. The molecule has 4 aromatic rings. The summed E-state index contributed by atoms with van der Waals surface area (Å²) in [4.78, 5) is 4.92. The number of hydrogen-bond donors (Lipinski definition) is 1. The third kappa shape index (κ3) is 4.19. The van der Waals surface area contributed by atoms with Crippen molar-refractivity contribution < 1.29 is 8.42 Å². The highest BCUT2D eigenvalue weighted by Gasteiger charge is 2.16. The van der Waals surface area contributed by atoms with Gasteiger partial charge in [-0.1, -0.05) is 59.6 Å². The molecule has 0 aliphatic carbocycles. The fourth-order valence-corrected chi connectivity index (χ4v) is 4.56. The van der Waals surface area contributed by atoms with Crippen molar-refractivity contribution in [2.24, 2.45) is 0 Å². The van der Waals surface area contributed by atoms with Crippen LogP contribution in [0.3, 0.4) is 0 Å². The lowest BCUT2D eigenvalue weighted by Crippen LogP contribution is -2.27. The Hall–Kier alpha value is -2.67. The van der Waals surface area contributed by atoms with Gasteiger partial charge in [0.2, 0.25) is 10.0 Å². The quantitative estimate of drug-likeness (QED) is 0.489. The lowest BCUT2D eigenvalue weighted by molar-refractivity contribution is 0.574. The summed E-state index contributed by atoms with van der Waals surface area (Å²) >= 11 is 5.93. The minimum Gasteiger partial charge on any atom is -0.323 e. The smallest absolute Gasteiger partial charge is 0.240 e. The first kappa shape index (κ1) is 19.6. The van der Waals surface area contributed by atoms with Crippen LogP contribution in [0.5, 0.6) is 0 Å². The Morgan fingerprint density at radius 3 is 2.52 bits per heavy atom. The fraction of sp³-hybridized carbons (Fsp3) is 0.136. The summed E-state index contributed by atoms with van der Waals surface area (Å²) in [5, 5.41) is 0.384. The number of nitrogens with one attached hydrogen (secondary N) is 1. The normalized spacial score (nSPS) is 11.8. The van der Waals surface area contributed by atoms with E-state index in [0.717, 1.165) is 22.4 Å². The molecule has 29 heavy (non-hydrogen) atoms. The molecule has 1 N–H and O–H groups in total. The molecule has 0 amide bonds. The highest BCUT2D eigenvalue weighted by atomic mass is 35.5. The highest BCUT2D eigenvalue weighted by molar-refractivity contribution is 7.89. The molecule has 0 bridgehead atoms. The summed E-state index contributed by atoms with van der Waals surface area (Å²) in [7, 11) is -3.64. The molecule has 0 spiro atoms. The first-order valence-corrected chi connectivity index (χ1v) is 11.1. The lowest BCUT2D eigenvalue weighted by Gasteiger charge is -2.11. The largest absolute Gasteiger partial charge is 0.323 e. The van der Waals surface area contributed by atoms with Crippen LogP contribution in [-0.2, 0) is 16.6 Å². The fourth-order valence-electron chi connectivity index (χ4n) is 3.23. The Morgan fingerprint density at radius 1 is 1.00 bits per heavy atom. The predicted molar refractivity (Wildman–Crippen MR) is 117 cm³/mol. The van der Waals surface area contributed by atoms with Crippen molar-refractivity contribution in [3.8, 4) is 11.4 Å². The number of benzene rings is 3. The molecule has 3 aromatic carbocycles. The van der Waals surface area contributed by atoms with Crippen LogP contribution in [0, 0.1) is 6.92 Å². The third-order valence-corrected chi connectivity index (χ3v) is 6.39.